The van der Waals surface area contributed by atoms with Crippen LogP contribution in [0.15, 0.2) is 0 Å². The van der Waals surface area contributed by atoms with Gasteiger partial charge in [0.05, 0.1) is 19.1 Å². The first-order valence-electron chi connectivity index (χ1n) is 7.27. The standard InChI is InChI=1S/C15H28O4Si/c1-10-12(14(17)18-5)8-11(16)9-13(10)19-20(6,7)15(2,3)4/h10,12-13H,8-9H2,1-7H3/t10-,12+,13-/m0/s1. The first-order valence-corrected chi connectivity index (χ1v) is 10.2. The highest BCUT2D eigenvalue weighted by molar-refractivity contribution is 6.74. The molecule has 20 heavy (non-hydrogen) atoms. The molecule has 0 radical (unpaired) electrons. The molecular weight excluding hydrogens is 272 g/mol. The molecule has 1 aliphatic carbocycles. The molecule has 0 N–H and O–H groups in total. The molecule has 1 saturated carbocycles. The van der Waals surface area contributed by atoms with E-state index in [1.54, 1.807) is 0 Å². The van der Waals surface area contributed by atoms with Crippen molar-refractivity contribution in [2.45, 2.75) is 64.8 Å². The first kappa shape index (κ1) is 17.4. The molecule has 5 heteroatoms. The van der Waals surface area contributed by atoms with Gasteiger partial charge in [0.15, 0.2) is 8.32 Å². The van der Waals surface area contributed by atoms with Crippen LogP contribution in [0.2, 0.25) is 18.1 Å². The zero-order valence-corrected chi connectivity index (χ0v) is 14.8. The second-order valence-electron chi connectivity index (χ2n) is 7.35. The number of methoxy groups -OCH3 is 1. The van der Waals surface area contributed by atoms with Crippen molar-refractivity contribution in [1.82, 2.24) is 0 Å². The highest BCUT2D eigenvalue weighted by atomic mass is 28.4. The van der Waals surface area contributed by atoms with Gasteiger partial charge in [-0.25, -0.2) is 0 Å². The van der Waals surface area contributed by atoms with E-state index in [2.05, 4.69) is 33.9 Å². The number of esters is 1. The van der Waals surface area contributed by atoms with Gasteiger partial charge in [-0.05, 0) is 24.1 Å². The van der Waals surface area contributed by atoms with E-state index < -0.39 is 8.32 Å². The van der Waals surface area contributed by atoms with Gasteiger partial charge in [0.1, 0.15) is 5.78 Å². The average molecular weight is 300 g/mol. The lowest BCUT2D eigenvalue weighted by atomic mass is 9.78. The van der Waals surface area contributed by atoms with E-state index in [4.69, 9.17) is 9.16 Å². The maximum atomic E-state index is 11.9. The lowest BCUT2D eigenvalue weighted by Crippen LogP contribution is -2.49. The summed E-state index contributed by atoms with van der Waals surface area (Å²) in [5, 5.41) is 0.0912. The molecule has 0 amide bonds. The highest BCUT2D eigenvalue weighted by Crippen LogP contribution is 2.41. The molecule has 1 aliphatic rings. The third kappa shape index (κ3) is 3.70. The Bertz CT molecular complexity index is 384. The first-order chi connectivity index (χ1) is 8.99. The summed E-state index contributed by atoms with van der Waals surface area (Å²) < 4.78 is 11.2. The van der Waals surface area contributed by atoms with Crippen molar-refractivity contribution in [2.75, 3.05) is 7.11 Å². The topological polar surface area (TPSA) is 52.6 Å². The van der Waals surface area contributed by atoms with Crippen LogP contribution in [0.4, 0.5) is 0 Å². The van der Waals surface area contributed by atoms with Gasteiger partial charge in [-0.3, -0.25) is 9.59 Å². The summed E-state index contributed by atoms with van der Waals surface area (Å²) in [5.74, 6) is -0.540. The minimum absolute atomic E-state index is 0.0225. The number of carbonyl (C=O) groups excluding carboxylic acids is 2. The van der Waals surface area contributed by atoms with Gasteiger partial charge >= 0.3 is 5.97 Å². The summed E-state index contributed by atoms with van der Waals surface area (Å²) in [4.78, 5) is 23.7. The van der Waals surface area contributed by atoms with E-state index in [0.29, 0.717) is 6.42 Å². The number of hydrogen-bond acceptors (Lipinski definition) is 4. The minimum Gasteiger partial charge on any atom is -0.469 e. The Balaban J connectivity index is 2.89. The summed E-state index contributed by atoms with van der Waals surface area (Å²) in [6, 6.07) is 0. The Labute approximate surface area is 123 Å². The number of ketones is 1. The molecule has 1 fully saturated rings. The summed E-state index contributed by atoms with van der Waals surface area (Å²) in [6.07, 6.45) is 0.535. The van der Waals surface area contributed by atoms with E-state index in [1.807, 2.05) is 6.92 Å². The van der Waals surface area contributed by atoms with Crippen LogP contribution in [-0.4, -0.2) is 33.3 Å². The van der Waals surface area contributed by atoms with E-state index in [1.165, 1.54) is 7.11 Å². The number of rotatable bonds is 3. The van der Waals surface area contributed by atoms with Crippen molar-refractivity contribution < 1.29 is 18.8 Å². The van der Waals surface area contributed by atoms with Crippen molar-refractivity contribution >= 4 is 20.1 Å². The lowest BCUT2D eigenvalue weighted by Gasteiger charge is -2.43. The van der Waals surface area contributed by atoms with Crippen LogP contribution < -0.4 is 0 Å². The van der Waals surface area contributed by atoms with Crippen LogP contribution in [0, 0.1) is 11.8 Å². The van der Waals surface area contributed by atoms with Crippen LogP contribution in [0.25, 0.3) is 0 Å². The Morgan fingerprint density at radius 2 is 1.80 bits per heavy atom. The predicted octanol–water partition coefficient (Wildman–Crippen LogP) is 3.17. The number of hydrogen-bond donors (Lipinski definition) is 0. The maximum Gasteiger partial charge on any atom is 0.309 e. The van der Waals surface area contributed by atoms with Crippen LogP contribution in [0.1, 0.15) is 40.5 Å². The molecule has 116 valence electrons. The largest absolute Gasteiger partial charge is 0.469 e. The van der Waals surface area contributed by atoms with Gasteiger partial charge in [0.2, 0.25) is 0 Å². The zero-order valence-electron chi connectivity index (χ0n) is 13.8. The summed E-state index contributed by atoms with van der Waals surface area (Å²) in [7, 11) is -0.570. The van der Waals surface area contributed by atoms with E-state index in [0.717, 1.165) is 0 Å². The summed E-state index contributed by atoms with van der Waals surface area (Å²) >= 11 is 0. The summed E-state index contributed by atoms with van der Waals surface area (Å²) in [6.45, 7) is 12.9. The fourth-order valence-electron chi connectivity index (χ4n) is 2.34. The van der Waals surface area contributed by atoms with Gasteiger partial charge in [0, 0.05) is 12.8 Å². The number of ether oxygens (including phenoxy) is 1. The summed E-state index contributed by atoms with van der Waals surface area (Å²) in [5.41, 5.74) is 0. The molecule has 0 aromatic heterocycles. The van der Waals surface area contributed by atoms with Crippen LogP contribution in [-0.2, 0) is 18.8 Å². The number of Topliss-reactive ketones (excluding diaryl/α,β-unsaturated/α-hetero) is 1. The molecule has 4 nitrogen and oxygen atoms in total. The van der Waals surface area contributed by atoms with Crippen molar-refractivity contribution in [2.24, 2.45) is 11.8 Å². The van der Waals surface area contributed by atoms with Gasteiger partial charge in [0.25, 0.3) is 0 Å². The lowest BCUT2D eigenvalue weighted by molar-refractivity contribution is -0.153. The molecule has 0 unspecified atom stereocenters. The minimum atomic E-state index is -1.94. The van der Waals surface area contributed by atoms with Crippen molar-refractivity contribution in [3.63, 3.8) is 0 Å². The van der Waals surface area contributed by atoms with Crippen molar-refractivity contribution in [3.05, 3.63) is 0 Å². The normalized spacial score (nSPS) is 28.4. The quantitative estimate of drug-likeness (QED) is 0.593. The Morgan fingerprint density at radius 1 is 1.25 bits per heavy atom. The van der Waals surface area contributed by atoms with Crippen molar-refractivity contribution in [1.29, 1.82) is 0 Å². The van der Waals surface area contributed by atoms with E-state index in [-0.39, 0.29) is 41.2 Å². The highest BCUT2D eigenvalue weighted by Gasteiger charge is 2.45. The second-order valence-corrected chi connectivity index (χ2v) is 12.1. The molecular formula is C15H28O4Si. The second kappa shape index (κ2) is 5.98. The molecule has 0 aromatic carbocycles. The molecule has 0 aliphatic heterocycles. The molecule has 0 spiro atoms. The Kier molecular flexibility index (Phi) is 5.19. The van der Waals surface area contributed by atoms with Crippen LogP contribution in [0.5, 0.6) is 0 Å². The van der Waals surface area contributed by atoms with Crippen LogP contribution >= 0.6 is 0 Å². The van der Waals surface area contributed by atoms with Crippen molar-refractivity contribution in [3.8, 4) is 0 Å². The monoisotopic (exact) mass is 300 g/mol. The Hall–Kier alpha value is -0.683. The van der Waals surface area contributed by atoms with Gasteiger partial charge in [-0.15, -0.1) is 0 Å². The molecule has 3 atom stereocenters. The fourth-order valence-corrected chi connectivity index (χ4v) is 3.75. The van der Waals surface area contributed by atoms with Gasteiger partial charge in [-0.1, -0.05) is 27.7 Å². The fraction of sp³-hybridized carbons (Fsp3) is 0.867. The predicted molar refractivity (Wildman–Crippen MR) is 81.0 cm³/mol. The smallest absolute Gasteiger partial charge is 0.309 e. The molecule has 0 saturated heterocycles. The third-order valence-corrected chi connectivity index (χ3v) is 9.36. The van der Waals surface area contributed by atoms with Crippen LogP contribution in [0.3, 0.4) is 0 Å². The molecule has 1 rings (SSSR count). The Morgan fingerprint density at radius 3 is 2.25 bits per heavy atom. The SMILES string of the molecule is COC(=O)[C@@H]1CC(=O)C[C@H](O[Si](C)(C)C(C)(C)C)[C@H]1C. The molecule has 0 aromatic rings. The van der Waals surface area contributed by atoms with Gasteiger partial charge in [-0.2, -0.15) is 0 Å². The number of carbonyl (C=O) groups is 2. The molecule has 0 heterocycles. The molecule has 0 bridgehead atoms. The van der Waals surface area contributed by atoms with E-state index >= 15 is 0 Å². The third-order valence-electron chi connectivity index (χ3n) is 4.85. The maximum absolute atomic E-state index is 11.9. The van der Waals surface area contributed by atoms with E-state index in [9.17, 15) is 9.59 Å². The van der Waals surface area contributed by atoms with Gasteiger partial charge < -0.3 is 9.16 Å². The average Bonchev–Trinajstić information content (AvgIpc) is 2.30. The zero-order chi connectivity index (χ0) is 15.7.